The molecule has 0 aromatic carbocycles. The molecule has 0 spiro atoms. The highest BCUT2D eigenvalue weighted by atomic mass is 15.1. The maximum absolute atomic E-state index is 2.36. The fourth-order valence-corrected chi connectivity index (χ4v) is 0.954. The van der Waals surface area contributed by atoms with E-state index >= 15 is 0 Å². The van der Waals surface area contributed by atoms with Crippen LogP contribution in [0.4, 0.5) is 0 Å². The fraction of sp³-hybridized carbons (Fsp3) is 1.00. The molecule has 10 heavy (non-hydrogen) atoms. The molecule has 0 radical (unpaired) electrons. The largest absolute Gasteiger partial charge is 0.306 e. The molecule has 1 heteroatoms. The van der Waals surface area contributed by atoms with E-state index < -0.39 is 0 Å². The standard InChI is InChI=1S/C9H21N/c1-6-9(3,4)8-10(5)7-2/h6-8H2,1-5H3. The van der Waals surface area contributed by atoms with Gasteiger partial charge < -0.3 is 4.90 Å². The monoisotopic (exact) mass is 143 g/mol. The molecule has 0 aromatic heterocycles. The van der Waals surface area contributed by atoms with Crippen LogP contribution in [-0.4, -0.2) is 25.0 Å². The second kappa shape index (κ2) is 3.97. The average Bonchev–Trinajstić information content (AvgIpc) is 1.87. The minimum atomic E-state index is 0.491. The van der Waals surface area contributed by atoms with Crippen molar-refractivity contribution in [2.75, 3.05) is 20.1 Å². The lowest BCUT2D eigenvalue weighted by atomic mass is 9.90. The fourth-order valence-electron chi connectivity index (χ4n) is 0.954. The second-order valence-corrected chi connectivity index (χ2v) is 3.85. The molecule has 0 aliphatic heterocycles. The summed E-state index contributed by atoms with van der Waals surface area (Å²) in [6.45, 7) is 11.5. The van der Waals surface area contributed by atoms with Crippen LogP contribution < -0.4 is 0 Å². The van der Waals surface area contributed by atoms with Gasteiger partial charge in [-0.1, -0.05) is 27.7 Å². The summed E-state index contributed by atoms with van der Waals surface area (Å²) in [7, 11) is 2.18. The highest BCUT2D eigenvalue weighted by molar-refractivity contribution is 4.69. The summed E-state index contributed by atoms with van der Waals surface area (Å²) < 4.78 is 0. The molecule has 0 saturated carbocycles. The molecule has 0 heterocycles. The summed E-state index contributed by atoms with van der Waals surface area (Å²) >= 11 is 0. The van der Waals surface area contributed by atoms with Gasteiger partial charge in [0.25, 0.3) is 0 Å². The normalized spacial score (nSPS) is 12.6. The van der Waals surface area contributed by atoms with Gasteiger partial charge >= 0.3 is 0 Å². The molecule has 0 aliphatic carbocycles. The van der Waals surface area contributed by atoms with Crippen LogP contribution in [0, 0.1) is 5.41 Å². The van der Waals surface area contributed by atoms with Crippen LogP contribution in [0.25, 0.3) is 0 Å². The minimum absolute atomic E-state index is 0.491. The van der Waals surface area contributed by atoms with E-state index in [1.165, 1.54) is 13.0 Å². The Morgan fingerprint density at radius 1 is 1.20 bits per heavy atom. The number of hydrogen-bond acceptors (Lipinski definition) is 1. The summed E-state index contributed by atoms with van der Waals surface area (Å²) in [5.74, 6) is 0. The molecule has 0 aromatic rings. The van der Waals surface area contributed by atoms with Gasteiger partial charge in [-0.15, -0.1) is 0 Å². The van der Waals surface area contributed by atoms with Gasteiger partial charge in [-0.25, -0.2) is 0 Å². The number of hydrogen-bond donors (Lipinski definition) is 0. The van der Waals surface area contributed by atoms with Crippen LogP contribution >= 0.6 is 0 Å². The number of rotatable bonds is 4. The first-order valence-corrected chi connectivity index (χ1v) is 4.20. The van der Waals surface area contributed by atoms with Crippen molar-refractivity contribution in [3.05, 3.63) is 0 Å². The lowest BCUT2D eigenvalue weighted by molar-refractivity contribution is 0.211. The molecular weight excluding hydrogens is 122 g/mol. The van der Waals surface area contributed by atoms with Crippen molar-refractivity contribution in [1.29, 1.82) is 0 Å². The molecule has 1 nitrogen and oxygen atoms in total. The lowest BCUT2D eigenvalue weighted by Gasteiger charge is -2.28. The van der Waals surface area contributed by atoms with Crippen molar-refractivity contribution in [2.24, 2.45) is 5.41 Å². The van der Waals surface area contributed by atoms with Crippen LogP contribution in [0.2, 0.25) is 0 Å². The Kier molecular flexibility index (Phi) is 3.95. The first kappa shape index (κ1) is 9.96. The molecule has 0 amide bonds. The van der Waals surface area contributed by atoms with Crippen LogP contribution in [0.3, 0.4) is 0 Å². The summed E-state index contributed by atoms with van der Waals surface area (Å²) in [6, 6.07) is 0. The van der Waals surface area contributed by atoms with Crippen LogP contribution in [0.1, 0.15) is 34.1 Å². The van der Waals surface area contributed by atoms with Crippen LogP contribution in [-0.2, 0) is 0 Å². The quantitative estimate of drug-likeness (QED) is 0.584. The van der Waals surface area contributed by atoms with Crippen LogP contribution in [0.15, 0.2) is 0 Å². The van der Waals surface area contributed by atoms with Gasteiger partial charge in [0.1, 0.15) is 0 Å². The van der Waals surface area contributed by atoms with Gasteiger partial charge in [-0.3, -0.25) is 0 Å². The predicted molar refractivity (Wildman–Crippen MR) is 47.2 cm³/mol. The van der Waals surface area contributed by atoms with E-state index in [1.807, 2.05) is 0 Å². The zero-order valence-corrected chi connectivity index (χ0v) is 8.07. The molecule has 62 valence electrons. The minimum Gasteiger partial charge on any atom is -0.306 e. The Hall–Kier alpha value is -0.0400. The molecule has 0 unspecified atom stereocenters. The second-order valence-electron chi connectivity index (χ2n) is 3.85. The first-order chi connectivity index (χ1) is 4.52. The first-order valence-electron chi connectivity index (χ1n) is 4.20. The molecule has 0 saturated heterocycles. The van der Waals surface area contributed by atoms with Gasteiger partial charge in [-0.2, -0.15) is 0 Å². The molecule has 0 bridgehead atoms. The van der Waals surface area contributed by atoms with Gasteiger partial charge in [-0.05, 0) is 25.4 Å². The molecular formula is C9H21N. The van der Waals surface area contributed by atoms with Crippen molar-refractivity contribution in [2.45, 2.75) is 34.1 Å². The molecule has 0 rings (SSSR count). The average molecular weight is 143 g/mol. The molecule has 0 aliphatic rings. The van der Waals surface area contributed by atoms with Gasteiger partial charge in [0.15, 0.2) is 0 Å². The SMILES string of the molecule is CCN(C)CC(C)(C)CC. The van der Waals surface area contributed by atoms with Crippen molar-refractivity contribution in [3.8, 4) is 0 Å². The molecule has 0 N–H and O–H groups in total. The summed E-state index contributed by atoms with van der Waals surface area (Å²) in [5.41, 5.74) is 0.491. The summed E-state index contributed by atoms with van der Waals surface area (Å²) in [4.78, 5) is 2.36. The van der Waals surface area contributed by atoms with E-state index in [0.29, 0.717) is 5.41 Å². The Bertz CT molecular complexity index is 86.7. The van der Waals surface area contributed by atoms with E-state index in [2.05, 4.69) is 39.6 Å². The van der Waals surface area contributed by atoms with Gasteiger partial charge in [0.05, 0.1) is 0 Å². The van der Waals surface area contributed by atoms with Gasteiger partial charge in [0.2, 0.25) is 0 Å². The summed E-state index contributed by atoms with van der Waals surface area (Å²) in [5, 5.41) is 0. The lowest BCUT2D eigenvalue weighted by Crippen LogP contribution is -2.30. The Balaban J connectivity index is 3.64. The van der Waals surface area contributed by atoms with E-state index in [-0.39, 0.29) is 0 Å². The smallest absolute Gasteiger partial charge is 0.00294 e. The zero-order chi connectivity index (χ0) is 8.20. The third-order valence-electron chi connectivity index (χ3n) is 2.19. The third-order valence-corrected chi connectivity index (χ3v) is 2.19. The third kappa shape index (κ3) is 3.89. The zero-order valence-electron chi connectivity index (χ0n) is 8.07. The number of nitrogens with zero attached hydrogens (tertiary/aromatic N) is 1. The van der Waals surface area contributed by atoms with Crippen molar-refractivity contribution in [1.82, 2.24) is 4.90 Å². The van der Waals surface area contributed by atoms with Crippen molar-refractivity contribution < 1.29 is 0 Å². The molecule has 0 atom stereocenters. The Labute approximate surface area is 65.4 Å². The van der Waals surface area contributed by atoms with E-state index in [0.717, 1.165) is 6.54 Å². The van der Waals surface area contributed by atoms with E-state index in [9.17, 15) is 0 Å². The van der Waals surface area contributed by atoms with E-state index in [4.69, 9.17) is 0 Å². The maximum atomic E-state index is 2.36. The van der Waals surface area contributed by atoms with Crippen molar-refractivity contribution in [3.63, 3.8) is 0 Å². The van der Waals surface area contributed by atoms with Crippen LogP contribution in [0.5, 0.6) is 0 Å². The topological polar surface area (TPSA) is 3.24 Å². The Morgan fingerprint density at radius 2 is 1.70 bits per heavy atom. The highest BCUT2D eigenvalue weighted by Crippen LogP contribution is 2.19. The molecule has 0 fully saturated rings. The van der Waals surface area contributed by atoms with E-state index in [1.54, 1.807) is 0 Å². The maximum Gasteiger partial charge on any atom is 0.00294 e. The summed E-state index contributed by atoms with van der Waals surface area (Å²) in [6.07, 6.45) is 1.26. The van der Waals surface area contributed by atoms with Crippen molar-refractivity contribution >= 4 is 0 Å². The predicted octanol–water partition coefficient (Wildman–Crippen LogP) is 2.37. The highest BCUT2D eigenvalue weighted by Gasteiger charge is 2.16. The van der Waals surface area contributed by atoms with Gasteiger partial charge in [0, 0.05) is 6.54 Å². The Morgan fingerprint density at radius 3 is 2.00 bits per heavy atom.